The second-order valence-electron chi connectivity index (χ2n) is 4.83. The smallest absolute Gasteiger partial charge is 0.223 e. The summed E-state index contributed by atoms with van der Waals surface area (Å²) in [6.45, 7) is 3.90. The van der Waals surface area contributed by atoms with E-state index in [1.807, 2.05) is 0 Å². The zero-order valence-corrected chi connectivity index (χ0v) is 10.6. The molecule has 0 spiro atoms. The lowest BCUT2D eigenvalue weighted by molar-refractivity contribution is -0.125. The van der Waals surface area contributed by atoms with Gasteiger partial charge in [0.1, 0.15) is 0 Å². The molecule has 1 fully saturated rings. The maximum atomic E-state index is 11.7. The summed E-state index contributed by atoms with van der Waals surface area (Å²) in [5.74, 6) is 0.501. The van der Waals surface area contributed by atoms with Crippen LogP contribution in [0.5, 0.6) is 0 Å². The van der Waals surface area contributed by atoms with Gasteiger partial charge in [-0.15, -0.1) is 0 Å². The fraction of sp³-hybridized carbons (Fsp3) is 0.917. The molecule has 1 heterocycles. The van der Waals surface area contributed by atoms with Crippen LogP contribution in [0.25, 0.3) is 0 Å². The van der Waals surface area contributed by atoms with Crippen molar-refractivity contribution in [2.75, 3.05) is 40.3 Å². The molecule has 94 valence electrons. The summed E-state index contributed by atoms with van der Waals surface area (Å²) in [6.07, 6.45) is 4.21. The van der Waals surface area contributed by atoms with Gasteiger partial charge in [-0.2, -0.15) is 0 Å². The van der Waals surface area contributed by atoms with E-state index in [0.29, 0.717) is 0 Å². The summed E-state index contributed by atoms with van der Waals surface area (Å²) < 4.78 is 0. The van der Waals surface area contributed by atoms with Crippen LogP contribution in [0.1, 0.15) is 25.7 Å². The molecule has 0 aromatic heterocycles. The van der Waals surface area contributed by atoms with E-state index in [-0.39, 0.29) is 11.8 Å². The predicted octanol–water partition coefficient (Wildman–Crippen LogP) is 0.444. The Morgan fingerprint density at radius 1 is 1.31 bits per heavy atom. The van der Waals surface area contributed by atoms with Gasteiger partial charge in [0, 0.05) is 12.5 Å². The second kappa shape index (κ2) is 7.63. The lowest BCUT2D eigenvalue weighted by Gasteiger charge is -2.21. The normalized spacial score (nSPS) is 17.7. The zero-order valence-electron chi connectivity index (χ0n) is 10.6. The molecule has 16 heavy (non-hydrogen) atoms. The fourth-order valence-electron chi connectivity index (χ4n) is 1.99. The number of carbonyl (C=O) groups excluding carboxylic acids is 1. The standard InChI is InChI=1S/C12H25N3O/c1-15(2)10-4-3-7-14-12(16)11-5-8-13-9-6-11/h11,13H,3-10H2,1-2H3,(H,14,16). The quantitative estimate of drug-likeness (QED) is 0.647. The number of hydrogen-bond donors (Lipinski definition) is 2. The SMILES string of the molecule is CN(C)CCCCNC(=O)C1CCNCC1. The van der Waals surface area contributed by atoms with Crippen LogP contribution >= 0.6 is 0 Å². The van der Waals surface area contributed by atoms with Crippen LogP contribution < -0.4 is 10.6 Å². The summed E-state index contributed by atoms with van der Waals surface area (Å²) in [5.41, 5.74) is 0. The monoisotopic (exact) mass is 227 g/mol. The number of nitrogens with one attached hydrogen (secondary N) is 2. The van der Waals surface area contributed by atoms with Gasteiger partial charge in [-0.3, -0.25) is 4.79 Å². The first-order valence-corrected chi connectivity index (χ1v) is 6.33. The molecule has 0 aromatic carbocycles. The number of piperidine rings is 1. The number of amides is 1. The third kappa shape index (κ3) is 5.47. The van der Waals surface area contributed by atoms with Crippen molar-refractivity contribution in [2.24, 2.45) is 5.92 Å². The highest BCUT2D eigenvalue weighted by Gasteiger charge is 2.19. The topological polar surface area (TPSA) is 44.4 Å². The molecule has 0 unspecified atom stereocenters. The van der Waals surface area contributed by atoms with Crippen molar-refractivity contribution < 1.29 is 4.79 Å². The van der Waals surface area contributed by atoms with E-state index in [1.54, 1.807) is 0 Å². The summed E-state index contributed by atoms with van der Waals surface area (Å²) in [7, 11) is 4.15. The average Bonchev–Trinajstić information content (AvgIpc) is 2.29. The van der Waals surface area contributed by atoms with Gasteiger partial charge in [0.05, 0.1) is 0 Å². The first-order valence-electron chi connectivity index (χ1n) is 6.33. The third-order valence-corrected chi connectivity index (χ3v) is 3.04. The van der Waals surface area contributed by atoms with Crippen molar-refractivity contribution in [1.82, 2.24) is 15.5 Å². The molecule has 1 saturated heterocycles. The molecule has 0 aromatic rings. The largest absolute Gasteiger partial charge is 0.356 e. The number of carbonyl (C=O) groups is 1. The maximum absolute atomic E-state index is 11.7. The van der Waals surface area contributed by atoms with Gasteiger partial charge in [-0.1, -0.05) is 0 Å². The summed E-state index contributed by atoms with van der Waals surface area (Å²) in [5, 5.41) is 6.31. The molecule has 4 nitrogen and oxygen atoms in total. The Labute approximate surface area is 98.8 Å². The summed E-state index contributed by atoms with van der Waals surface area (Å²) in [4.78, 5) is 13.9. The van der Waals surface area contributed by atoms with E-state index in [9.17, 15) is 4.79 Å². The Morgan fingerprint density at radius 3 is 2.62 bits per heavy atom. The first kappa shape index (κ1) is 13.5. The van der Waals surface area contributed by atoms with E-state index >= 15 is 0 Å². The van der Waals surface area contributed by atoms with Crippen LogP contribution in [0.4, 0.5) is 0 Å². The van der Waals surface area contributed by atoms with Gasteiger partial charge in [0.15, 0.2) is 0 Å². The minimum atomic E-state index is 0.245. The molecule has 0 saturated carbocycles. The minimum absolute atomic E-state index is 0.245. The number of nitrogens with zero attached hydrogens (tertiary/aromatic N) is 1. The van der Waals surface area contributed by atoms with Crippen molar-refractivity contribution in [1.29, 1.82) is 0 Å². The predicted molar refractivity (Wildman–Crippen MR) is 66.4 cm³/mol. The molecule has 0 bridgehead atoms. The molecule has 1 amide bonds. The van der Waals surface area contributed by atoms with Crippen LogP contribution in [-0.2, 0) is 4.79 Å². The molecule has 4 heteroatoms. The van der Waals surface area contributed by atoms with Crippen molar-refractivity contribution in [2.45, 2.75) is 25.7 Å². The highest BCUT2D eigenvalue weighted by molar-refractivity contribution is 5.78. The highest BCUT2D eigenvalue weighted by atomic mass is 16.1. The first-order chi connectivity index (χ1) is 7.70. The Morgan fingerprint density at radius 2 is 2.00 bits per heavy atom. The number of hydrogen-bond acceptors (Lipinski definition) is 3. The van der Waals surface area contributed by atoms with Gasteiger partial charge >= 0.3 is 0 Å². The molecular formula is C12H25N3O. The molecule has 0 aliphatic carbocycles. The van der Waals surface area contributed by atoms with E-state index in [2.05, 4.69) is 29.6 Å². The highest BCUT2D eigenvalue weighted by Crippen LogP contribution is 2.11. The van der Waals surface area contributed by atoms with Gasteiger partial charge in [0.25, 0.3) is 0 Å². The van der Waals surface area contributed by atoms with Crippen LogP contribution in [0.2, 0.25) is 0 Å². The van der Waals surface area contributed by atoms with E-state index in [4.69, 9.17) is 0 Å². The zero-order chi connectivity index (χ0) is 11.8. The number of unbranched alkanes of at least 4 members (excludes halogenated alkanes) is 1. The van der Waals surface area contributed by atoms with Crippen molar-refractivity contribution in [3.05, 3.63) is 0 Å². The van der Waals surface area contributed by atoms with E-state index < -0.39 is 0 Å². The van der Waals surface area contributed by atoms with Crippen molar-refractivity contribution >= 4 is 5.91 Å². The minimum Gasteiger partial charge on any atom is -0.356 e. The summed E-state index contributed by atoms with van der Waals surface area (Å²) >= 11 is 0. The molecule has 0 radical (unpaired) electrons. The third-order valence-electron chi connectivity index (χ3n) is 3.04. The van der Waals surface area contributed by atoms with E-state index in [0.717, 1.165) is 51.9 Å². The molecule has 0 atom stereocenters. The van der Waals surface area contributed by atoms with Crippen LogP contribution in [0.3, 0.4) is 0 Å². The van der Waals surface area contributed by atoms with Crippen molar-refractivity contribution in [3.8, 4) is 0 Å². The summed E-state index contributed by atoms with van der Waals surface area (Å²) in [6, 6.07) is 0. The molecule has 1 aliphatic heterocycles. The van der Waals surface area contributed by atoms with Gasteiger partial charge in [0.2, 0.25) is 5.91 Å². The van der Waals surface area contributed by atoms with Crippen LogP contribution in [0, 0.1) is 5.92 Å². The lowest BCUT2D eigenvalue weighted by Crippen LogP contribution is -2.38. The molecule has 2 N–H and O–H groups in total. The maximum Gasteiger partial charge on any atom is 0.223 e. The average molecular weight is 227 g/mol. The second-order valence-corrected chi connectivity index (χ2v) is 4.83. The van der Waals surface area contributed by atoms with Crippen molar-refractivity contribution in [3.63, 3.8) is 0 Å². The molecular weight excluding hydrogens is 202 g/mol. The lowest BCUT2D eigenvalue weighted by atomic mass is 9.97. The Balaban J connectivity index is 2.01. The Hall–Kier alpha value is -0.610. The number of rotatable bonds is 6. The van der Waals surface area contributed by atoms with E-state index in [1.165, 1.54) is 0 Å². The van der Waals surface area contributed by atoms with Crippen LogP contribution in [-0.4, -0.2) is 51.1 Å². The van der Waals surface area contributed by atoms with Crippen LogP contribution in [0.15, 0.2) is 0 Å². The fourth-order valence-corrected chi connectivity index (χ4v) is 1.99. The molecule has 1 aliphatic rings. The van der Waals surface area contributed by atoms with Gasteiger partial charge < -0.3 is 15.5 Å². The Kier molecular flexibility index (Phi) is 6.42. The van der Waals surface area contributed by atoms with Gasteiger partial charge in [-0.05, 0) is 59.4 Å². The van der Waals surface area contributed by atoms with Gasteiger partial charge in [-0.25, -0.2) is 0 Å². The Bertz CT molecular complexity index is 200. The molecule has 1 rings (SSSR count).